The summed E-state index contributed by atoms with van der Waals surface area (Å²) in [5.41, 5.74) is 6.63. The molecule has 4 bridgehead atoms. The van der Waals surface area contributed by atoms with Crippen LogP contribution in [-0.2, 0) is 0 Å². The third kappa shape index (κ3) is 5.94. The molecule has 0 amide bonds. The second-order valence-corrected chi connectivity index (χ2v) is 17.1. The summed E-state index contributed by atoms with van der Waals surface area (Å²) in [7, 11) is 3.50. The average Bonchev–Trinajstić information content (AvgIpc) is 3.27. The first-order valence-corrected chi connectivity index (χ1v) is 21.1. The monoisotopic (exact) mass is 746 g/mol. The molecule has 9 heterocycles. The van der Waals surface area contributed by atoms with E-state index in [-0.39, 0.29) is 11.8 Å². The van der Waals surface area contributed by atoms with E-state index in [0.717, 1.165) is 94.5 Å². The summed E-state index contributed by atoms with van der Waals surface area (Å²) in [5, 5.41) is 15.7. The van der Waals surface area contributed by atoms with Gasteiger partial charge in [0.05, 0.1) is 36.6 Å². The number of ether oxygens (including phenoxy) is 2. The average molecular weight is 747 g/mol. The van der Waals surface area contributed by atoms with Crippen LogP contribution in [0.5, 0.6) is 11.5 Å². The zero-order valence-electron chi connectivity index (χ0n) is 33.3. The number of aromatic nitrogens is 4. The molecule has 288 valence electrons. The van der Waals surface area contributed by atoms with E-state index in [1.54, 1.807) is 14.2 Å². The molecule has 0 aliphatic carbocycles. The highest BCUT2D eigenvalue weighted by molar-refractivity contribution is 5.91. The van der Waals surface area contributed by atoms with Gasteiger partial charge in [-0.1, -0.05) is 51.0 Å². The second kappa shape index (κ2) is 14.7. The van der Waals surface area contributed by atoms with Crippen LogP contribution in [0.4, 0.5) is 0 Å². The van der Waals surface area contributed by atoms with Crippen LogP contribution in [0.25, 0.3) is 32.6 Å². The van der Waals surface area contributed by atoms with Crippen LogP contribution in [-0.4, -0.2) is 82.4 Å². The Bertz CT molecular complexity index is 2230. The molecule has 0 saturated carbocycles. The van der Waals surface area contributed by atoms with Gasteiger partial charge in [-0.05, 0) is 122 Å². The van der Waals surface area contributed by atoms with Crippen molar-refractivity contribution in [2.45, 2.75) is 76.3 Å². The minimum Gasteiger partial charge on any atom is -0.497 e. The lowest BCUT2D eigenvalue weighted by atomic mass is 9.68. The van der Waals surface area contributed by atoms with Gasteiger partial charge in [-0.25, -0.2) is 0 Å². The number of fused-ring (bicyclic) bond motifs is 9. The molecule has 6 saturated heterocycles. The van der Waals surface area contributed by atoms with Gasteiger partial charge in [-0.3, -0.25) is 19.8 Å². The lowest BCUT2D eigenvalue weighted by molar-refractivity contribution is -0.00735. The summed E-state index contributed by atoms with van der Waals surface area (Å²) in [6, 6.07) is 26.7. The lowest BCUT2D eigenvalue weighted by Gasteiger charge is -2.52. The highest BCUT2D eigenvalue weighted by atomic mass is 16.5. The van der Waals surface area contributed by atoms with E-state index in [2.05, 4.69) is 84.3 Å². The Morgan fingerprint density at radius 3 is 1.46 bits per heavy atom. The van der Waals surface area contributed by atoms with Gasteiger partial charge in [-0.2, -0.15) is 10.2 Å². The zero-order valence-corrected chi connectivity index (χ0v) is 33.3. The van der Waals surface area contributed by atoms with Crippen molar-refractivity contribution in [2.75, 3.05) is 40.4 Å². The number of hydrogen-bond acceptors (Lipinski definition) is 8. The van der Waals surface area contributed by atoms with Gasteiger partial charge in [-0.15, -0.1) is 0 Å². The fourth-order valence-corrected chi connectivity index (χ4v) is 11.7. The maximum Gasteiger partial charge on any atom is 0.119 e. The maximum absolute atomic E-state index is 5.80. The van der Waals surface area contributed by atoms with Gasteiger partial charge in [0, 0.05) is 70.9 Å². The molecular formula is C48H54N6O2. The summed E-state index contributed by atoms with van der Waals surface area (Å²) < 4.78 is 11.6. The minimum absolute atomic E-state index is 0.0175. The number of methoxy groups -OCH3 is 2. The van der Waals surface area contributed by atoms with Crippen molar-refractivity contribution in [3.05, 3.63) is 108 Å². The van der Waals surface area contributed by atoms with E-state index in [1.807, 2.05) is 24.5 Å². The molecule has 6 aliphatic heterocycles. The van der Waals surface area contributed by atoms with Crippen molar-refractivity contribution in [1.29, 1.82) is 0 Å². The number of piperidine rings is 6. The van der Waals surface area contributed by atoms with Gasteiger partial charge < -0.3 is 9.47 Å². The smallest absolute Gasteiger partial charge is 0.119 e. The Morgan fingerprint density at radius 2 is 1.07 bits per heavy atom. The molecule has 4 unspecified atom stereocenters. The molecule has 12 rings (SSSR count). The van der Waals surface area contributed by atoms with Crippen LogP contribution in [0.1, 0.15) is 86.7 Å². The summed E-state index contributed by atoms with van der Waals surface area (Å²) in [4.78, 5) is 15.2. The molecule has 6 aliphatic rings. The minimum atomic E-state index is 0.0175. The Hall–Kier alpha value is -4.66. The molecule has 3 aromatic carbocycles. The van der Waals surface area contributed by atoms with Crippen LogP contribution in [0.3, 0.4) is 0 Å². The normalized spacial score (nSPS) is 28.1. The Morgan fingerprint density at radius 1 is 0.607 bits per heavy atom. The van der Waals surface area contributed by atoms with Crippen molar-refractivity contribution >= 4 is 32.6 Å². The molecule has 10 atom stereocenters. The predicted molar refractivity (Wildman–Crippen MR) is 224 cm³/mol. The van der Waals surface area contributed by atoms with E-state index in [9.17, 15) is 0 Å². The second-order valence-electron chi connectivity index (χ2n) is 17.1. The van der Waals surface area contributed by atoms with Crippen molar-refractivity contribution < 1.29 is 9.47 Å². The fourth-order valence-electron chi connectivity index (χ4n) is 11.7. The first-order valence-electron chi connectivity index (χ1n) is 21.1. The summed E-state index contributed by atoms with van der Waals surface area (Å²) in [5.74, 6) is 4.68. The molecule has 0 spiro atoms. The van der Waals surface area contributed by atoms with E-state index in [4.69, 9.17) is 29.6 Å². The Labute approximate surface area is 330 Å². The molecule has 0 N–H and O–H groups in total. The topological polar surface area (TPSA) is 76.5 Å². The van der Waals surface area contributed by atoms with Gasteiger partial charge in [0.15, 0.2) is 0 Å². The van der Waals surface area contributed by atoms with E-state index < -0.39 is 0 Å². The third-order valence-electron chi connectivity index (χ3n) is 14.7. The Kier molecular flexibility index (Phi) is 9.37. The zero-order chi connectivity index (χ0) is 37.9. The number of benzene rings is 3. The lowest BCUT2D eigenvalue weighted by Crippen LogP contribution is -2.55. The summed E-state index contributed by atoms with van der Waals surface area (Å²) in [6.45, 7) is 9.31. The molecule has 8 nitrogen and oxygen atoms in total. The third-order valence-corrected chi connectivity index (χ3v) is 14.7. The standard InChI is InChI=1S/C48H54N6O2/c1-5-29-27-53-21-17-31(29)23-43(53)45(35-15-19-49-41-13-11-33(55-3)25-39(35)41)47-37-9-7-8-10-38(37)48(52-51-47)46(44-24-32-18-22-54(44)28-30(32)6-2)36-16-20-50-42-14-12-34(56-4)26-40(36)42/h7-16,19-20,25-26,29-32,43-46H,5-6,17-18,21-24,27-28H2,1-4H3/t29-,30-,31?,32?,43-,44-,45+,46+/m0/s1. The highest BCUT2D eigenvalue weighted by Gasteiger charge is 2.47. The number of nitrogens with zero attached hydrogens (tertiary/aromatic N) is 6. The van der Waals surface area contributed by atoms with Gasteiger partial charge >= 0.3 is 0 Å². The van der Waals surface area contributed by atoms with Crippen LogP contribution < -0.4 is 9.47 Å². The number of rotatable bonds is 10. The molecule has 56 heavy (non-hydrogen) atoms. The number of hydrogen-bond donors (Lipinski definition) is 0. The van der Waals surface area contributed by atoms with E-state index in [0.29, 0.717) is 12.1 Å². The van der Waals surface area contributed by atoms with Crippen molar-refractivity contribution in [2.24, 2.45) is 23.7 Å². The first-order chi connectivity index (χ1) is 27.6. The first kappa shape index (κ1) is 35.7. The molecule has 3 aromatic heterocycles. The van der Waals surface area contributed by atoms with Gasteiger partial charge in [0.1, 0.15) is 11.5 Å². The van der Waals surface area contributed by atoms with Crippen LogP contribution in [0.2, 0.25) is 0 Å². The van der Waals surface area contributed by atoms with Crippen molar-refractivity contribution in [3.63, 3.8) is 0 Å². The van der Waals surface area contributed by atoms with Crippen LogP contribution in [0.15, 0.2) is 85.2 Å². The van der Waals surface area contributed by atoms with E-state index in [1.165, 1.54) is 60.4 Å². The van der Waals surface area contributed by atoms with Gasteiger partial charge in [0.25, 0.3) is 0 Å². The molecular weight excluding hydrogens is 693 g/mol. The van der Waals surface area contributed by atoms with E-state index >= 15 is 0 Å². The summed E-state index contributed by atoms with van der Waals surface area (Å²) in [6.07, 6.45) is 11.3. The molecule has 8 heteroatoms. The summed E-state index contributed by atoms with van der Waals surface area (Å²) >= 11 is 0. The fraction of sp³-hybridized carbons (Fsp3) is 0.458. The maximum atomic E-state index is 5.80. The molecule has 6 fully saturated rings. The predicted octanol–water partition coefficient (Wildman–Crippen LogP) is 9.25. The largest absolute Gasteiger partial charge is 0.497 e. The van der Waals surface area contributed by atoms with Crippen molar-refractivity contribution in [1.82, 2.24) is 30.0 Å². The Balaban J connectivity index is 1.19. The molecule has 0 radical (unpaired) electrons. The molecule has 6 aromatic rings. The van der Waals surface area contributed by atoms with Crippen LogP contribution in [0, 0.1) is 23.7 Å². The quantitative estimate of drug-likeness (QED) is 0.137. The van der Waals surface area contributed by atoms with Crippen molar-refractivity contribution in [3.8, 4) is 11.5 Å². The highest BCUT2D eigenvalue weighted by Crippen LogP contribution is 2.50. The SMILES string of the molecule is CC[C@H]1CN2CCC1C[C@H]2[C@@H](c1ccnc2ccc(OC)cc12)c1nnc([C@H](c2ccnc3ccc(OC)cc23)[C@@H]2CC3CCN2C[C@@H]3CC)c2ccccc12. The van der Waals surface area contributed by atoms with Crippen LogP contribution >= 0.6 is 0 Å². The number of pyridine rings is 2. The van der Waals surface area contributed by atoms with Gasteiger partial charge in [0.2, 0.25) is 0 Å².